The van der Waals surface area contributed by atoms with E-state index in [4.69, 9.17) is 0 Å². The normalized spacial score (nSPS) is 17.2. The molecule has 1 aromatic carbocycles. The maximum atomic E-state index is 13.0. The number of carbonyl (C=O) groups is 2. The Morgan fingerprint density at radius 1 is 1.12 bits per heavy atom. The summed E-state index contributed by atoms with van der Waals surface area (Å²) in [6.45, 7) is 8.52. The van der Waals surface area contributed by atoms with Crippen LogP contribution in [-0.4, -0.2) is 36.3 Å². The van der Waals surface area contributed by atoms with Crippen LogP contribution in [0.2, 0.25) is 0 Å². The van der Waals surface area contributed by atoms with Gasteiger partial charge in [0, 0.05) is 31.7 Å². The second-order valence-electron chi connectivity index (χ2n) is 6.92. The van der Waals surface area contributed by atoms with Crippen LogP contribution in [0.4, 0.5) is 5.69 Å². The summed E-state index contributed by atoms with van der Waals surface area (Å²) >= 11 is 0. The van der Waals surface area contributed by atoms with Crippen LogP contribution in [-0.2, 0) is 16.0 Å². The molecule has 1 saturated heterocycles. The Hall–Kier alpha value is -1.84. The number of hydrogen-bond donors (Lipinski definition) is 0. The number of carbonyl (C=O) groups excluding carboxylic acids is 2. The van der Waals surface area contributed by atoms with Crippen molar-refractivity contribution < 1.29 is 9.59 Å². The molecule has 1 unspecified atom stereocenters. The molecular weight excluding hydrogens is 312 g/mol. The molecule has 0 aromatic heterocycles. The highest BCUT2D eigenvalue weighted by Gasteiger charge is 2.37. The number of rotatable bonds is 9. The summed E-state index contributed by atoms with van der Waals surface area (Å²) in [5, 5.41) is 0. The Kier molecular flexibility index (Phi) is 7.48. The summed E-state index contributed by atoms with van der Waals surface area (Å²) < 4.78 is 0. The standard InChI is InChI=1S/C21H32N2O2/c1-4-7-13-22(14-8-5-2)21(25)18-15-20(24)23(16-18)19-12-10-9-11-17(19)6-3/h9-12,18H,4-8,13-16H2,1-3H3. The van der Waals surface area contributed by atoms with Gasteiger partial charge >= 0.3 is 0 Å². The van der Waals surface area contributed by atoms with Crippen molar-refractivity contribution in [2.24, 2.45) is 5.92 Å². The average Bonchev–Trinajstić information content (AvgIpc) is 3.03. The summed E-state index contributed by atoms with van der Waals surface area (Å²) in [4.78, 5) is 29.3. The zero-order valence-corrected chi connectivity index (χ0v) is 16.0. The summed E-state index contributed by atoms with van der Waals surface area (Å²) in [5.74, 6) is 0.0306. The molecule has 1 aliphatic rings. The minimum Gasteiger partial charge on any atom is -0.342 e. The topological polar surface area (TPSA) is 40.6 Å². The predicted octanol–water partition coefficient (Wildman–Crippen LogP) is 4.03. The zero-order valence-electron chi connectivity index (χ0n) is 16.0. The van der Waals surface area contributed by atoms with Gasteiger partial charge in [0.1, 0.15) is 0 Å². The van der Waals surface area contributed by atoms with Crippen molar-refractivity contribution in [3.63, 3.8) is 0 Å². The molecule has 1 heterocycles. The van der Waals surface area contributed by atoms with Gasteiger partial charge in [0.2, 0.25) is 11.8 Å². The predicted molar refractivity (Wildman–Crippen MR) is 103 cm³/mol. The highest BCUT2D eigenvalue weighted by Crippen LogP contribution is 2.29. The monoisotopic (exact) mass is 344 g/mol. The minimum absolute atomic E-state index is 0.0742. The average molecular weight is 344 g/mol. The molecule has 0 saturated carbocycles. The van der Waals surface area contributed by atoms with Gasteiger partial charge in [-0.05, 0) is 30.9 Å². The van der Waals surface area contributed by atoms with E-state index in [0.717, 1.165) is 56.4 Å². The van der Waals surface area contributed by atoms with E-state index in [0.29, 0.717) is 13.0 Å². The van der Waals surface area contributed by atoms with E-state index in [2.05, 4.69) is 26.8 Å². The highest BCUT2D eigenvalue weighted by atomic mass is 16.2. The van der Waals surface area contributed by atoms with Gasteiger partial charge in [-0.1, -0.05) is 51.8 Å². The van der Waals surface area contributed by atoms with E-state index in [1.54, 1.807) is 0 Å². The fourth-order valence-electron chi connectivity index (χ4n) is 3.47. The quantitative estimate of drug-likeness (QED) is 0.678. The molecule has 1 aliphatic heterocycles. The zero-order chi connectivity index (χ0) is 18.2. The molecule has 0 radical (unpaired) electrons. The Labute approximate surface area is 152 Å². The van der Waals surface area contributed by atoms with Crippen molar-refractivity contribution in [1.29, 1.82) is 0 Å². The van der Waals surface area contributed by atoms with Crippen molar-refractivity contribution in [3.8, 4) is 0 Å². The fourth-order valence-corrected chi connectivity index (χ4v) is 3.47. The molecule has 2 rings (SSSR count). The third-order valence-electron chi connectivity index (χ3n) is 5.01. The molecule has 2 amide bonds. The molecule has 25 heavy (non-hydrogen) atoms. The Morgan fingerprint density at radius 2 is 1.76 bits per heavy atom. The first-order valence-corrected chi connectivity index (χ1v) is 9.79. The number of para-hydroxylation sites is 1. The first kappa shape index (κ1) is 19.5. The summed E-state index contributed by atoms with van der Waals surface area (Å²) in [6, 6.07) is 8.02. The number of aryl methyl sites for hydroxylation is 1. The van der Waals surface area contributed by atoms with Crippen LogP contribution in [0.5, 0.6) is 0 Å². The molecule has 0 bridgehead atoms. The van der Waals surface area contributed by atoms with Gasteiger partial charge in [-0.15, -0.1) is 0 Å². The van der Waals surface area contributed by atoms with Crippen LogP contribution in [0, 0.1) is 5.92 Å². The van der Waals surface area contributed by atoms with Crippen molar-refractivity contribution in [2.75, 3.05) is 24.5 Å². The SMILES string of the molecule is CCCCN(CCCC)C(=O)C1CC(=O)N(c2ccccc2CC)C1. The van der Waals surface area contributed by atoms with Crippen molar-refractivity contribution in [1.82, 2.24) is 4.90 Å². The number of hydrogen-bond acceptors (Lipinski definition) is 2. The molecule has 0 spiro atoms. The van der Waals surface area contributed by atoms with Gasteiger partial charge in [0.05, 0.1) is 5.92 Å². The number of nitrogens with zero attached hydrogens (tertiary/aromatic N) is 2. The lowest BCUT2D eigenvalue weighted by atomic mass is 10.1. The molecule has 4 heteroatoms. The maximum Gasteiger partial charge on any atom is 0.228 e. The van der Waals surface area contributed by atoms with E-state index < -0.39 is 0 Å². The van der Waals surface area contributed by atoms with Gasteiger partial charge < -0.3 is 9.80 Å². The van der Waals surface area contributed by atoms with Gasteiger partial charge in [-0.25, -0.2) is 0 Å². The number of benzene rings is 1. The second-order valence-corrected chi connectivity index (χ2v) is 6.92. The third kappa shape index (κ3) is 4.83. The van der Waals surface area contributed by atoms with Crippen molar-refractivity contribution >= 4 is 17.5 Å². The molecular formula is C21H32N2O2. The van der Waals surface area contributed by atoms with E-state index in [1.807, 2.05) is 28.0 Å². The van der Waals surface area contributed by atoms with E-state index in [-0.39, 0.29) is 17.7 Å². The Balaban J connectivity index is 2.10. The van der Waals surface area contributed by atoms with Gasteiger partial charge in [-0.2, -0.15) is 0 Å². The number of amides is 2. The lowest BCUT2D eigenvalue weighted by Crippen LogP contribution is -2.38. The summed E-state index contributed by atoms with van der Waals surface area (Å²) in [7, 11) is 0. The third-order valence-corrected chi connectivity index (χ3v) is 5.01. The lowest BCUT2D eigenvalue weighted by molar-refractivity contribution is -0.136. The van der Waals surface area contributed by atoms with Crippen molar-refractivity contribution in [3.05, 3.63) is 29.8 Å². The molecule has 1 atom stereocenters. The first-order valence-electron chi connectivity index (χ1n) is 9.79. The lowest BCUT2D eigenvalue weighted by Gasteiger charge is -2.26. The summed E-state index contributed by atoms with van der Waals surface area (Å²) in [6.07, 6.45) is 5.44. The van der Waals surface area contributed by atoms with Crippen LogP contribution in [0.1, 0.15) is 58.4 Å². The van der Waals surface area contributed by atoms with Crippen LogP contribution < -0.4 is 4.90 Å². The van der Waals surface area contributed by atoms with E-state index in [1.165, 1.54) is 0 Å². The fraction of sp³-hybridized carbons (Fsp3) is 0.619. The Bertz CT molecular complexity index is 577. The van der Waals surface area contributed by atoms with Crippen LogP contribution >= 0.6 is 0 Å². The second kappa shape index (κ2) is 9.59. The first-order chi connectivity index (χ1) is 12.1. The summed E-state index contributed by atoms with van der Waals surface area (Å²) in [5.41, 5.74) is 2.14. The molecule has 1 fully saturated rings. The van der Waals surface area contributed by atoms with E-state index >= 15 is 0 Å². The van der Waals surface area contributed by atoms with E-state index in [9.17, 15) is 9.59 Å². The maximum absolute atomic E-state index is 13.0. The van der Waals surface area contributed by atoms with Crippen LogP contribution in [0.3, 0.4) is 0 Å². The molecule has 0 aliphatic carbocycles. The Morgan fingerprint density at radius 3 is 2.36 bits per heavy atom. The molecule has 0 N–H and O–H groups in total. The molecule has 1 aromatic rings. The number of unbranched alkanes of at least 4 members (excludes halogenated alkanes) is 2. The largest absolute Gasteiger partial charge is 0.342 e. The molecule has 4 nitrogen and oxygen atoms in total. The van der Waals surface area contributed by atoms with Gasteiger partial charge in [-0.3, -0.25) is 9.59 Å². The minimum atomic E-state index is -0.203. The van der Waals surface area contributed by atoms with Crippen LogP contribution in [0.25, 0.3) is 0 Å². The van der Waals surface area contributed by atoms with Gasteiger partial charge in [0.15, 0.2) is 0 Å². The number of anilines is 1. The highest BCUT2D eigenvalue weighted by molar-refractivity contribution is 6.00. The van der Waals surface area contributed by atoms with Crippen molar-refractivity contribution in [2.45, 2.75) is 59.3 Å². The molecule has 138 valence electrons. The smallest absolute Gasteiger partial charge is 0.228 e. The van der Waals surface area contributed by atoms with Gasteiger partial charge in [0.25, 0.3) is 0 Å². The van der Waals surface area contributed by atoms with Crippen LogP contribution in [0.15, 0.2) is 24.3 Å².